The Kier molecular flexibility index (Phi) is 25.5. The minimum Gasteiger partial charge on any atom is -0.378 e. The third kappa shape index (κ3) is 19.0. The Hall–Kier alpha value is 0.900. The Balaban J connectivity index is 0.000000593. The van der Waals surface area contributed by atoms with Gasteiger partial charge in [0.25, 0.3) is 0 Å². The molecule has 0 radical (unpaired) electrons. The molecule has 0 atom stereocenters. The van der Waals surface area contributed by atoms with Gasteiger partial charge in [-0.2, -0.15) is 0 Å². The van der Waals surface area contributed by atoms with Gasteiger partial charge >= 0.3 is 7.60 Å². The number of alkyl halides is 1. The molecule has 10 heteroatoms. The molecule has 0 aromatic heterocycles. The average molecular weight is 622 g/mol. The van der Waals surface area contributed by atoms with E-state index in [-0.39, 0.29) is 9.03 Å². The lowest BCUT2D eigenvalue weighted by Crippen LogP contribution is -2.24. The maximum atomic E-state index is 12.0. The summed E-state index contributed by atoms with van der Waals surface area (Å²) in [5.41, 5.74) is 0. The third-order valence-electron chi connectivity index (χ3n) is 6.71. The Morgan fingerprint density at radius 3 is 1.44 bits per heavy atom. The molecule has 0 unspecified atom stereocenters. The van der Waals surface area contributed by atoms with E-state index in [1.165, 1.54) is 64.5 Å². The van der Waals surface area contributed by atoms with Crippen LogP contribution in [0, 0.1) is 11.8 Å². The molecule has 0 saturated heterocycles. The van der Waals surface area contributed by atoms with Gasteiger partial charge < -0.3 is 27.6 Å². The molecule has 2 aliphatic rings. The predicted molar refractivity (Wildman–Crippen MR) is 156 cm³/mol. The van der Waals surface area contributed by atoms with E-state index in [0.29, 0.717) is 24.3 Å². The first-order valence-electron chi connectivity index (χ1n) is 13.7. The van der Waals surface area contributed by atoms with Gasteiger partial charge in [-0.05, 0) is 76.0 Å². The number of rotatable bonds is 15. The minimum atomic E-state index is -2.84. The van der Waals surface area contributed by atoms with Gasteiger partial charge in [-0.25, -0.2) is 0 Å². The molecule has 7 nitrogen and oxygen atoms in total. The van der Waals surface area contributed by atoms with Crippen LogP contribution in [0.1, 0.15) is 90.9 Å². The molecule has 2 saturated carbocycles. The Labute approximate surface area is 232 Å². The molecule has 2 fully saturated rings. The summed E-state index contributed by atoms with van der Waals surface area (Å²) in [6, 6.07) is 0. The van der Waals surface area contributed by atoms with Crippen LogP contribution < -0.4 is 0 Å². The van der Waals surface area contributed by atoms with Crippen molar-refractivity contribution in [1.29, 1.82) is 0 Å². The number of unbranched alkanes of at least 4 members (excludes halogenated alkanes) is 2. The normalized spacial score (nSPS) is 24.3. The highest BCUT2D eigenvalue weighted by Crippen LogP contribution is 2.50. The second-order valence-electron chi connectivity index (χ2n) is 9.54. The molecule has 0 heterocycles. The molecule has 2 rings (SSSR count). The van der Waals surface area contributed by atoms with E-state index in [0.717, 1.165) is 51.2 Å². The molecule has 0 N–H and O–H groups in total. The highest BCUT2D eigenvalue weighted by molar-refractivity contribution is 9.09. The van der Waals surface area contributed by atoms with Gasteiger partial charge in [0.1, 0.15) is 0 Å². The van der Waals surface area contributed by atoms with Gasteiger partial charge in [0.15, 0.2) is 9.03 Å². The first-order chi connectivity index (χ1) is 17.4. The van der Waals surface area contributed by atoms with Crippen molar-refractivity contribution < 1.29 is 32.1 Å². The maximum Gasteiger partial charge on any atom is 0.330 e. The summed E-state index contributed by atoms with van der Waals surface area (Å²) >= 11 is 3.55. The number of halogens is 1. The monoisotopic (exact) mass is 620 g/mol. The van der Waals surface area contributed by atoms with Crippen LogP contribution in [-0.4, -0.2) is 65.4 Å². The smallest absolute Gasteiger partial charge is 0.330 e. The fraction of sp³-hybridized carbons (Fsp3) is 1.00. The summed E-state index contributed by atoms with van der Waals surface area (Å²) < 4.78 is 42.6. The largest absolute Gasteiger partial charge is 0.378 e. The van der Waals surface area contributed by atoms with E-state index >= 15 is 0 Å². The lowest BCUT2D eigenvalue weighted by molar-refractivity contribution is 0.0182. The van der Waals surface area contributed by atoms with Crippen LogP contribution in [0.15, 0.2) is 0 Å². The van der Waals surface area contributed by atoms with Crippen molar-refractivity contribution in [2.24, 2.45) is 11.8 Å². The SMILES string of the molecule is CCCCOC1CCC(CBr)CC1.CCCCOC1CCC(CP(=O)(OC)OC)CC1.COPOC. The van der Waals surface area contributed by atoms with Crippen LogP contribution in [-0.2, 0) is 32.1 Å². The highest BCUT2D eigenvalue weighted by atomic mass is 79.9. The number of ether oxygens (including phenoxy) is 2. The third-order valence-corrected chi connectivity index (χ3v) is 10.0. The van der Waals surface area contributed by atoms with Crippen LogP contribution in [0.2, 0.25) is 0 Å². The Bertz CT molecular complexity index is 502. The molecule has 2 aliphatic carbocycles. The zero-order valence-corrected chi connectivity index (χ0v) is 27.3. The first-order valence-corrected chi connectivity index (χ1v) is 17.4. The van der Waals surface area contributed by atoms with Gasteiger partial charge in [-0.15, -0.1) is 0 Å². The molecule has 0 aromatic carbocycles. The van der Waals surface area contributed by atoms with E-state index in [9.17, 15) is 4.57 Å². The van der Waals surface area contributed by atoms with Gasteiger partial charge in [-0.1, -0.05) is 42.6 Å². The highest BCUT2D eigenvalue weighted by Gasteiger charge is 2.30. The Morgan fingerprint density at radius 2 is 1.14 bits per heavy atom. The minimum absolute atomic E-state index is 0.198. The zero-order valence-electron chi connectivity index (χ0n) is 23.8. The van der Waals surface area contributed by atoms with Crippen LogP contribution >= 0.6 is 32.6 Å². The van der Waals surface area contributed by atoms with E-state index in [1.54, 1.807) is 14.2 Å². The zero-order chi connectivity index (χ0) is 27.1. The first kappa shape index (κ1) is 36.9. The number of hydrogen-bond acceptors (Lipinski definition) is 7. The van der Waals surface area contributed by atoms with Crippen molar-refractivity contribution in [1.82, 2.24) is 0 Å². The summed E-state index contributed by atoms with van der Waals surface area (Å²) in [4.78, 5) is 0. The van der Waals surface area contributed by atoms with Crippen LogP contribution in [0.5, 0.6) is 0 Å². The van der Waals surface area contributed by atoms with E-state index in [4.69, 9.17) is 18.5 Å². The lowest BCUT2D eigenvalue weighted by atomic mass is 9.89. The second kappa shape index (κ2) is 24.9. The van der Waals surface area contributed by atoms with Crippen molar-refractivity contribution in [2.45, 2.75) is 103 Å². The van der Waals surface area contributed by atoms with Crippen molar-refractivity contribution in [2.75, 3.05) is 53.1 Å². The predicted octanol–water partition coefficient (Wildman–Crippen LogP) is 8.39. The average Bonchev–Trinajstić information content (AvgIpc) is 2.91. The summed E-state index contributed by atoms with van der Waals surface area (Å²) in [6.45, 7) is 6.24. The van der Waals surface area contributed by atoms with E-state index in [1.807, 2.05) is 0 Å². The fourth-order valence-electron chi connectivity index (χ4n) is 4.35. The molecule has 0 bridgehead atoms. The van der Waals surface area contributed by atoms with Gasteiger partial charge in [0, 0.05) is 47.0 Å². The van der Waals surface area contributed by atoms with Crippen LogP contribution in [0.4, 0.5) is 0 Å². The second-order valence-corrected chi connectivity index (χ2v) is 13.5. The van der Waals surface area contributed by atoms with Crippen LogP contribution in [0.3, 0.4) is 0 Å². The van der Waals surface area contributed by atoms with Crippen LogP contribution in [0.25, 0.3) is 0 Å². The van der Waals surface area contributed by atoms with Crippen molar-refractivity contribution in [3.8, 4) is 0 Å². The van der Waals surface area contributed by atoms with Crippen molar-refractivity contribution >= 4 is 32.6 Å². The van der Waals surface area contributed by atoms with Gasteiger partial charge in [0.05, 0.1) is 18.4 Å². The quantitative estimate of drug-likeness (QED) is 0.103. The molecule has 0 spiro atoms. The molecule has 36 heavy (non-hydrogen) atoms. The molecule has 0 amide bonds. The molecular weight excluding hydrogens is 566 g/mol. The summed E-state index contributed by atoms with van der Waals surface area (Å²) in [7, 11) is 3.48. The Morgan fingerprint density at radius 1 is 0.722 bits per heavy atom. The topological polar surface area (TPSA) is 72.5 Å². The van der Waals surface area contributed by atoms with Crippen molar-refractivity contribution in [3.63, 3.8) is 0 Å². The maximum absolute atomic E-state index is 12.0. The standard InChI is InChI=1S/C13H27O4P.C11H21BrO.C2H7O2P/c1-4-5-10-17-13-8-6-12(7-9-13)11-18(14,15-2)16-3;1-2-3-8-13-11-6-4-10(9-12)5-7-11;1-3-5-4-2/h12-13H,4-11H2,1-3H3;10-11H,2-9H2,1H3;5H,1-2H3. The van der Waals surface area contributed by atoms with Crippen molar-refractivity contribution in [3.05, 3.63) is 0 Å². The summed E-state index contributed by atoms with van der Waals surface area (Å²) in [5, 5.41) is 1.18. The lowest BCUT2D eigenvalue weighted by Gasteiger charge is -2.29. The molecule has 218 valence electrons. The fourth-order valence-corrected chi connectivity index (χ4v) is 6.60. The number of hydrogen-bond donors (Lipinski definition) is 0. The molecule has 0 aromatic rings. The molecular formula is C26H55BrO7P2. The summed E-state index contributed by atoms with van der Waals surface area (Å²) in [6.07, 6.45) is 15.8. The van der Waals surface area contributed by atoms with Gasteiger partial charge in [0.2, 0.25) is 0 Å². The van der Waals surface area contributed by atoms with E-state index in [2.05, 4.69) is 38.8 Å². The summed E-state index contributed by atoms with van der Waals surface area (Å²) in [5.74, 6) is 1.35. The molecule has 0 aliphatic heterocycles. The van der Waals surface area contributed by atoms with Gasteiger partial charge in [-0.3, -0.25) is 4.57 Å². The van der Waals surface area contributed by atoms with E-state index < -0.39 is 7.60 Å².